The van der Waals surface area contributed by atoms with E-state index in [1.807, 2.05) is 24.9 Å². The van der Waals surface area contributed by atoms with Gasteiger partial charge in [-0.3, -0.25) is 4.68 Å². The molecule has 3 rings (SSSR count). The molecule has 0 aliphatic heterocycles. The van der Waals surface area contributed by atoms with Gasteiger partial charge in [0.2, 0.25) is 0 Å². The van der Waals surface area contributed by atoms with Crippen LogP contribution >= 0.6 is 0 Å². The molecule has 0 saturated heterocycles. The van der Waals surface area contributed by atoms with Gasteiger partial charge in [-0.25, -0.2) is 0 Å². The Bertz CT molecular complexity index is 741. The van der Waals surface area contributed by atoms with Gasteiger partial charge >= 0.3 is 0 Å². The first-order chi connectivity index (χ1) is 10.2. The molecule has 21 heavy (non-hydrogen) atoms. The number of aryl methyl sites for hydroxylation is 2. The zero-order valence-corrected chi connectivity index (χ0v) is 12.8. The molecule has 0 amide bonds. The Balaban J connectivity index is 1.94. The summed E-state index contributed by atoms with van der Waals surface area (Å²) in [5, 5.41) is 9.44. The second-order valence-electron chi connectivity index (χ2n) is 5.39. The maximum atomic E-state index is 5.46. The van der Waals surface area contributed by atoms with E-state index in [1.165, 1.54) is 16.5 Å². The number of nitrogens with zero attached hydrogens (tertiary/aromatic N) is 2. The van der Waals surface area contributed by atoms with Crippen LogP contribution in [0.3, 0.4) is 0 Å². The summed E-state index contributed by atoms with van der Waals surface area (Å²) < 4.78 is 7.41. The number of hydrogen-bond donors (Lipinski definition) is 1. The van der Waals surface area contributed by atoms with E-state index < -0.39 is 0 Å². The van der Waals surface area contributed by atoms with Gasteiger partial charge in [0.05, 0.1) is 17.5 Å². The number of aromatic nitrogens is 2. The minimum absolute atomic E-state index is 0.228. The van der Waals surface area contributed by atoms with E-state index in [-0.39, 0.29) is 6.04 Å². The molecule has 0 bridgehead atoms. The standard InChI is InChI=1S/C17H21N3O/c1-4-18-15(13-9-12(2)21-11-13)10-16-14-7-5-6-8-17(14)20(3)19-16/h5-9,11,15,18H,4,10H2,1-3H3. The number of nitrogens with one attached hydrogen (secondary N) is 1. The highest BCUT2D eigenvalue weighted by Crippen LogP contribution is 2.25. The molecule has 2 aromatic heterocycles. The van der Waals surface area contributed by atoms with Crippen LogP contribution < -0.4 is 5.32 Å². The maximum Gasteiger partial charge on any atom is 0.101 e. The van der Waals surface area contributed by atoms with E-state index in [0.29, 0.717) is 0 Å². The van der Waals surface area contributed by atoms with Crippen LogP contribution in [-0.2, 0) is 13.5 Å². The minimum atomic E-state index is 0.228. The Morgan fingerprint density at radius 1 is 1.33 bits per heavy atom. The quantitative estimate of drug-likeness (QED) is 0.780. The molecular formula is C17H21N3O. The van der Waals surface area contributed by atoms with Gasteiger partial charge in [0.25, 0.3) is 0 Å². The Morgan fingerprint density at radius 3 is 2.86 bits per heavy atom. The Morgan fingerprint density at radius 2 is 2.14 bits per heavy atom. The molecule has 4 heteroatoms. The van der Waals surface area contributed by atoms with Crippen LogP contribution in [0.4, 0.5) is 0 Å². The summed E-state index contributed by atoms with van der Waals surface area (Å²) in [6, 6.07) is 10.7. The molecule has 3 aromatic rings. The highest BCUT2D eigenvalue weighted by Gasteiger charge is 2.17. The van der Waals surface area contributed by atoms with Gasteiger partial charge in [-0.1, -0.05) is 25.1 Å². The Kier molecular flexibility index (Phi) is 3.80. The summed E-state index contributed by atoms with van der Waals surface area (Å²) in [5.74, 6) is 0.943. The highest BCUT2D eigenvalue weighted by atomic mass is 16.3. The number of para-hydroxylation sites is 1. The monoisotopic (exact) mass is 283 g/mol. The van der Waals surface area contributed by atoms with Crippen molar-refractivity contribution in [1.82, 2.24) is 15.1 Å². The Hall–Kier alpha value is -2.07. The maximum absolute atomic E-state index is 5.46. The normalized spacial score (nSPS) is 12.9. The molecule has 0 aliphatic rings. The molecule has 1 unspecified atom stereocenters. The smallest absolute Gasteiger partial charge is 0.101 e. The fourth-order valence-electron chi connectivity index (χ4n) is 2.83. The predicted molar refractivity (Wildman–Crippen MR) is 84.3 cm³/mol. The third-order valence-corrected chi connectivity index (χ3v) is 3.84. The number of hydrogen-bond acceptors (Lipinski definition) is 3. The van der Waals surface area contributed by atoms with Crippen molar-refractivity contribution in [3.63, 3.8) is 0 Å². The molecular weight excluding hydrogens is 262 g/mol. The van der Waals surface area contributed by atoms with E-state index in [1.54, 1.807) is 0 Å². The third-order valence-electron chi connectivity index (χ3n) is 3.84. The van der Waals surface area contributed by atoms with E-state index in [4.69, 9.17) is 9.52 Å². The molecule has 0 radical (unpaired) electrons. The molecule has 1 aromatic carbocycles. The van der Waals surface area contributed by atoms with E-state index in [2.05, 4.69) is 42.6 Å². The molecule has 0 aliphatic carbocycles. The van der Waals surface area contributed by atoms with E-state index in [0.717, 1.165) is 24.4 Å². The van der Waals surface area contributed by atoms with Crippen LogP contribution in [0.15, 0.2) is 41.0 Å². The number of likely N-dealkylation sites (N-methyl/N-ethyl adjacent to an activating group) is 1. The zero-order chi connectivity index (χ0) is 14.8. The molecule has 1 atom stereocenters. The lowest BCUT2D eigenvalue weighted by atomic mass is 10.0. The zero-order valence-electron chi connectivity index (χ0n) is 12.8. The van der Waals surface area contributed by atoms with Gasteiger partial charge in [0.15, 0.2) is 0 Å². The molecule has 0 fully saturated rings. The van der Waals surface area contributed by atoms with Crippen LogP contribution in [-0.4, -0.2) is 16.3 Å². The van der Waals surface area contributed by atoms with Gasteiger partial charge in [-0.05, 0) is 25.6 Å². The summed E-state index contributed by atoms with van der Waals surface area (Å²) in [6.07, 6.45) is 2.70. The average Bonchev–Trinajstić information content (AvgIpc) is 3.04. The summed E-state index contributed by atoms with van der Waals surface area (Å²) in [5.41, 5.74) is 3.48. The fraction of sp³-hybridized carbons (Fsp3) is 0.353. The van der Waals surface area contributed by atoms with Gasteiger partial charge in [-0.15, -0.1) is 0 Å². The second-order valence-corrected chi connectivity index (χ2v) is 5.39. The number of furan rings is 1. The number of fused-ring (bicyclic) bond motifs is 1. The van der Waals surface area contributed by atoms with Crippen LogP contribution in [0.2, 0.25) is 0 Å². The SMILES string of the molecule is CCNC(Cc1nn(C)c2ccccc12)c1coc(C)c1. The highest BCUT2D eigenvalue weighted by molar-refractivity contribution is 5.81. The first-order valence-corrected chi connectivity index (χ1v) is 7.38. The summed E-state index contributed by atoms with van der Waals surface area (Å²) in [4.78, 5) is 0. The minimum Gasteiger partial charge on any atom is -0.469 e. The van der Waals surface area contributed by atoms with Crippen LogP contribution in [0.1, 0.15) is 30.0 Å². The van der Waals surface area contributed by atoms with Crippen LogP contribution in [0.25, 0.3) is 10.9 Å². The second kappa shape index (κ2) is 5.74. The van der Waals surface area contributed by atoms with E-state index in [9.17, 15) is 0 Å². The van der Waals surface area contributed by atoms with Gasteiger partial charge in [0.1, 0.15) is 5.76 Å². The average molecular weight is 283 g/mol. The van der Waals surface area contributed by atoms with Gasteiger partial charge in [-0.2, -0.15) is 5.10 Å². The van der Waals surface area contributed by atoms with Crippen molar-refractivity contribution in [2.75, 3.05) is 6.54 Å². The number of rotatable bonds is 5. The molecule has 1 N–H and O–H groups in total. The van der Waals surface area contributed by atoms with Crippen LogP contribution in [0.5, 0.6) is 0 Å². The molecule has 4 nitrogen and oxygen atoms in total. The van der Waals surface area contributed by atoms with Crippen molar-refractivity contribution in [2.24, 2.45) is 7.05 Å². The van der Waals surface area contributed by atoms with Gasteiger partial charge in [0, 0.05) is 30.5 Å². The summed E-state index contributed by atoms with van der Waals surface area (Å²) in [7, 11) is 2.00. The molecule has 2 heterocycles. The van der Waals surface area contributed by atoms with Crippen molar-refractivity contribution in [1.29, 1.82) is 0 Å². The van der Waals surface area contributed by atoms with Crippen molar-refractivity contribution >= 4 is 10.9 Å². The lowest BCUT2D eigenvalue weighted by Gasteiger charge is -2.15. The fourth-order valence-corrected chi connectivity index (χ4v) is 2.83. The molecule has 0 spiro atoms. The van der Waals surface area contributed by atoms with Crippen molar-refractivity contribution in [2.45, 2.75) is 26.3 Å². The largest absolute Gasteiger partial charge is 0.469 e. The van der Waals surface area contributed by atoms with Crippen molar-refractivity contribution in [3.05, 3.63) is 53.6 Å². The van der Waals surface area contributed by atoms with Crippen molar-refractivity contribution < 1.29 is 4.42 Å². The van der Waals surface area contributed by atoms with E-state index >= 15 is 0 Å². The molecule has 110 valence electrons. The van der Waals surface area contributed by atoms with Crippen molar-refractivity contribution in [3.8, 4) is 0 Å². The van der Waals surface area contributed by atoms with Crippen LogP contribution in [0, 0.1) is 6.92 Å². The topological polar surface area (TPSA) is 43.0 Å². The first-order valence-electron chi connectivity index (χ1n) is 7.38. The predicted octanol–water partition coefficient (Wildman–Crippen LogP) is 3.37. The lowest BCUT2D eigenvalue weighted by Crippen LogP contribution is -2.22. The summed E-state index contributed by atoms with van der Waals surface area (Å²) >= 11 is 0. The summed E-state index contributed by atoms with van der Waals surface area (Å²) in [6.45, 7) is 5.01. The van der Waals surface area contributed by atoms with Gasteiger partial charge < -0.3 is 9.73 Å². The number of benzene rings is 1. The third kappa shape index (κ3) is 2.72. The first kappa shape index (κ1) is 13.9. The lowest BCUT2D eigenvalue weighted by molar-refractivity contribution is 0.508. The Labute approximate surface area is 124 Å². The molecule has 0 saturated carbocycles.